The van der Waals surface area contributed by atoms with Crippen LogP contribution in [0.25, 0.3) is 0 Å². The standard InChI is InChI=1S/C6H13NO3/c1-3-10-6(9-2)4-5(7)8/h6H,3-4H2,1-2H3,(H2,7,8). The van der Waals surface area contributed by atoms with Crippen LogP contribution in [-0.4, -0.2) is 25.9 Å². The SMILES string of the molecule is CCOC(CC(N)=O)OC. The molecule has 0 heterocycles. The molecule has 0 saturated heterocycles. The smallest absolute Gasteiger partial charge is 0.222 e. The van der Waals surface area contributed by atoms with Gasteiger partial charge in [-0.15, -0.1) is 0 Å². The van der Waals surface area contributed by atoms with Crippen LogP contribution in [-0.2, 0) is 14.3 Å². The fourth-order valence-electron chi connectivity index (χ4n) is 0.560. The first-order chi connectivity index (χ1) is 4.70. The Morgan fingerprint density at radius 1 is 1.70 bits per heavy atom. The van der Waals surface area contributed by atoms with Crippen LogP contribution in [0.3, 0.4) is 0 Å². The molecule has 0 aliphatic carbocycles. The largest absolute Gasteiger partial charge is 0.370 e. The second kappa shape index (κ2) is 5.20. The lowest BCUT2D eigenvalue weighted by Crippen LogP contribution is -2.24. The van der Waals surface area contributed by atoms with Gasteiger partial charge in [0.2, 0.25) is 5.91 Å². The van der Waals surface area contributed by atoms with E-state index in [1.54, 1.807) is 0 Å². The summed E-state index contributed by atoms with van der Waals surface area (Å²) in [5, 5.41) is 0. The van der Waals surface area contributed by atoms with Crippen LogP contribution in [0, 0.1) is 0 Å². The molecule has 2 N–H and O–H groups in total. The summed E-state index contributed by atoms with van der Waals surface area (Å²) in [6.07, 6.45) is -0.368. The summed E-state index contributed by atoms with van der Waals surface area (Å²) in [5.41, 5.74) is 4.90. The molecule has 4 heteroatoms. The molecule has 0 saturated carbocycles. The Hall–Kier alpha value is -0.610. The summed E-state index contributed by atoms with van der Waals surface area (Å²) < 4.78 is 9.76. The molecule has 0 radical (unpaired) electrons. The fourth-order valence-corrected chi connectivity index (χ4v) is 0.560. The molecule has 0 bridgehead atoms. The number of carbonyl (C=O) groups excluding carboxylic acids is 1. The maximum atomic E-state index is 10.3. The van der Waals surface area contributed by atoms with Crippen molar-refractivity contribution in [2.75, 3.05) is 13.7 Å². The van der Waals surface area contributed by atoms with E-state index >= 15 is 0 Å². The third-order valence-corrected chi connectivity index (χ3v) is 0.983. The monoisotopic (exact) mass is 147 g/mol. The molecule has 60 valence electrons. The first-order valence-corrected chi connectivity index (χ1v) is 3.13. The van der Waals surface area contributed by atoms with E-state index in [1.807, 2.05) is 6.92 Å². The van der Waals surface area contributed by atoms with Gasteiger partial charge in [-0.05, 0) is 6.92 Å². The van der Waals surface area contributed by atoms with Gasteiger partial charge in [0, 0.05) is 13.7 Å². The van der Waals surface area contributed by atoms with Crippen molar-refractivity contribution in [2.24, 2.45) is 5.73 Å². The fraction of sp³-hybridized carbons (Fsp3) is 0.833. The summed E-state index contributed by atoms with van der Waals surface area (Å²) >= 11 is 0. The zero-order valence-electron chi connectivity index (χ0n) is 6.29. The van der Waals surface area contributed by atoms with Gasteiger partial charge in [-0.1, -0.05) is 0 Å². The molecule has 1 atom stereocenters. The Bertz CT molecular complexity index is 105. The van der Waals surface area contributed by atoms with E-state index in [9.17, 15) is 4.79 Å². The van der Waals surface area contributed by atoms with Crippen molar-refractivity contribution in [1.29, 1.82) is 0 Å². The van der Waals surface area contributed by atoms with Gasteiger partial charge in [0.1, 0.15) is 0 Å². The topological polar surface area (TPSA) is 61.5 Å². The van der Waals surface area contributed by atoms with Crippen LogP contribution in [0.4, 0.5) is 0 Å². The van der Waals surface area contributed by atoms with E-state index < -0.39 is 12.2 Å². The van der Waals surface area contributed by atoms with Gasteiger partial charge >= 0.3 is 0 Å². The van der Waals surface area contributed by atoms with E-state index in [2.05, 4.69) is 0 Å². The molecule has 1 unspecified atom stereocenters. The van der Waals surface area contributed by atoms with Crippen molar-refractivity contribution in [1.82, 2.24) is 0 Å². The summed E-state index contributed by atoms with van der Waals surface area (Å²) in [7, 11) is 1.48. The van der Waals surface area contributed by atoms with Gasteiger partial charge in [-0.25, -0.2) is 0 Å². The Kier molecular flexibility index (Phi) is 4.88. The van der Waals surface area contributed by atoms with Crippen molar-refractivity contribution < 1.29 is 14.3 Å². The third kappa shape index (κ3) is 4.29. The minimum absolute atomic E-state index is 0.115. The molecule has 0 aliphatic heterocycles. The zero-order valence-corrected chi connectivity index (χ0v) is 6.29. The molecule has 0 aliphatic rings. The summed E-state index contributed by atoms with van der Waals surface area (Å²) in [5.74, 6) is -0.416. The summed E-state index contributed by atoms with van der Waals surface area (Å²) in [4.78, 5) is 10.3. The maximum absolute atomic E-state index is 10.3. The highest BCUT2D eigenvalue weighted by Gasteiger charge is 2.08. The first-order valence-electron chi connectivity index (χ1n) is 3.13. The number of hydrogen-bond acceptors (Lipinski definition) is 3. The lowest BCUT2D eigenvalue weighted by atomic mass is 10.4. The molecule has 4 nitrogen and oxygen atoms in total. The Labute approximate surface area is 60.3 Å². The Morgan fingerprint density at radius 3 is 2.60 bits per heavy atom. The van der Waals surface area contributed by atoms with E-state index in [0.717, 1.165) is 0 Å². The van der Waals surface area contributed by atoms with Gasteiger partial charge in [-0.3, -0.25) is 4.79 Å². The second-order valence-corrected chi connectivity index (χ2v) is 1.79. The molecule has 10 heavy (non-hydrogen) atoms. The van der Waals surface area contributed by atoms with Gasteiger partial charge in [-0.2, -0.15) is 0 Å². The number of rotatable bonds is 5. The molecule has 0 aromatic rings. The number of amides is 1. The second-order valence-electron chi connectivity index (χ2n) is 1.79. The molecular formula is C6H13NO3. The van der Waals surface area contributed by atoms with Gasteiger partial charge < -0.3 is 15.2 Å². The van der Waals surface area contributed by atoms with Gasteiger partial charge in [0.05, 0.1) is 6.42 Å². The van der Waals surface area contributed by atoms with Gasteiger partial charge in [0.25, 0.3) is 0 Å². The van der Waals surface area contributed by atoms with Crippen LogP contribution >= 0.6 is 0 Å². The predicted octanol–water partition coefficient (Wildman–Crippen LogP) is -0.129. The van der Waals surface area contributed by atoms with E-state index in [4.69, 9.17) is 15.2 Å². The van der Waals surface area contributed by atoms with Crippen molar-refractivity contribution in [3.63, 3.8) is 0 Å². The lowest BCUT2D eigenvalue weighted by Gasteiger charge is -2.12. The average Bonchev–Trinajstić information content (AvgIpc) is 1.86. The van der Waals surface area contributed by atoms with E-state index in [0.29, 0.717) is 6.61 Å². The highest BCUT2D eigenvalue weighted by molar-refractivity contribution is 5.74. The average molecular weight is 147 g/mol. The Morgan fingerprint density at radius 2 is 2.30 bits per heavy atom. The zero-order chi connectivity index (χ0) is 7.98. The van der Waals surface area contributed by atoms with Crippen molar-refractivity contribution in [3.05, 3.63) is 0 Å². The van der Waals surface area contributed by atoms with Crippen molar-refractivity contribution >= 4 is 5.91 Å². The predicted molar refractivity (Wildman–Crippen MR) is 36.2 cm³/mol. The van der Waals surface area contributed by atoms with Crippen molar-refractivity contribution in [3.8, 4) is 0 Å². The molecule has 1 amide bonds. The number of methoxy groups -OCH3 is 1. The van der Waals surface area contributed by atoms with Crippen molar-refractivity contribution in [2.45, 2.75) is 19.6 Å². The molecule has 0 fully saturated rings. The van der Waals surface area contributed by atoms with Crippen LogP contribution in [0.5, 0.6) is 0 Å². The summed E-state index contributed by atoms with van der Waals surface area (Å²) in [6.45, 7) is 2.35. The highest BCUT2D eigenvalue weighted by Crippen LogP contribution is 1.97. The number of primary amides is 1. The molecule has 0 aromatic carbocycles. The summed E-state index contributed by atoms with van der Waals surface area (Å²) in [6, 6.07) is 0. The lowest BCUT2D eigenvalue weighted by molar-refractivity contribution is -0.143. The van der Waals surface area contributed by atoms with Crippen LogP contribution in [0.2, 0.25) is 0 Å². The van der Waals surface area contributed by atoms with E-state index in [-0.39, 0.29) is 6.42 Å². The third-order valence-electron chi connectivity index (χ3n) is 0.983. The number of carbonyl (C=O) groups is 1. The highest BCUT2D eigenvalue weighted by atomic mass is 16.7. The molecule has 0 spiro atoms. The Balaban J connectivity index is 3.49. The molecule has 0 rings (SSSR count). The number of hydrogen-bond donors (Lipinski definition) is 1. The van der Waals surface area contributed by atoms with Crippen LogP contribution in [0.15, 0.2) is 0 Å². The minimum atomic E-state index is -0.484. The first kappa shape index (κ1) is 9.39. The van der Waals surface area contributed by atoms with E-state index in [1.165, 1.54) is 7.11 Å². The van der Waals surface area contributed by atoms with Crippen LogP contribution in [0.1, 0.15) is 13.3 Å². The van der Waals surface area contributed by atoms with Gasteiger partial charge in [0.15, 0.2) is 6.29 Å². The number of ether oxygens (including phenoxy) is 2. The number of nitrogens with two attached hydrogens (primary N) is 1. The minimum Gasteiger partial charge on any atom is -0.370 e. The maximum Gasteiger partial charge on any atom is 0.222 e. The van der Waals surface area contributed by atoms with Crippen LogP contribution < -0.4 is 5.73 Å². The molecule has 0 aromatic heterocycles. The quantitative estimate of drug-likeness (QED) is 0.551. The molecular weight excluding hydrogens is 134 g/mol. The normalized spacial score (nSPS) is 13.0.